The van der Waals surface area contributed by atoms with Gasteiger partial charge in [-0.25, -0.2) is 0 Å². The summed E-state index contributed by atoms with van der Waals surface area (Å²) in [6.07, 6.45) is 7.07. The van der Waals surface area contributed by atoms with E-state index >= 15 is 0 Å². The molecule has 1 saturated heterocycles. The van der Waals surface area contributed by atoms with Crippen LogP contribution in [0.5, 0.6) is 0 Å². The third kappa shape index (κ3) is 4.68. The van der Waals surface area contributed by atoms with Crippen LogP contribution >= 0.6 is 0 Å². The van der Waals surface area contributed by atoms with Crippen LogP contribution in [0, 0.1) is 17.8 Å². The lowest BCUT2D eigenvalue weighted by Crippen LogP contribution is -2.38. The fourth-order valence-corrected chi connectivity index (χ4v) is 4.96. The summed E-state index contributed by atoms with van der Waals surface area (Å²) < 4.78 is 7.49. The highest BCUT2D eigenvalue weighted by Gasteiger charge is 2.32. The van der Waals surface area contributed by atoms with E-state index in [1.165, 1.54) is 25.7 Å². The molecule has 0 bridgehead atoms. The zero-order valence-electron chi connectivity index (χ0n) is 18.3. The lowest BCUT2D eigenvalue weighted by molar-refractivity contribution is -0.132. The Balaban J connectivity index is 1.42. The van der Waals surface area contributed by atoms with E-state index < -0.39 is 0 Å². The average molecular weight is 418 g/mol. The normalized spacial score (nSPS) is 23.4. The molecule has 2 amide bonds. The second-order valence-electron chi connectivity index (χ2n) is 9.40. The Kier molecular flexibility index (Phi) is 6.71. The van der Waals surface area contributed by atoms with Crippen molar-refractivity contribution in [3.8, 4) is 0 Å². The second-order valence-corrected chi connectivity index (χ2v) is 9.40. The van der Waals surface area contributed by atoms with Crippen molar-refractivity contribution in [1.29, 1.82) is 0 Å². The maximum atomic E-state index is 12.8. The number of ether oxygens (including phenoxy) is 1. The van der Waals surface area contributed by atoms with Crippen LogP contribution in [0.1, 0.15) is 70.1 Å². The lowest BCUT2D eigenvalue weighted by atomic mass is 10.0. The average Bonchev–Trinajstić information content (AvgIpc) is 3.47. The number of nitrogens with one attached hydrogen (secondary N) is 1. The minimum atomic E-state index is -0.194. The van der Waals surface area contributed by atoms with E-state index in [0.29, 0.717) is 51.6 Å². The van der Waals surface area contributed by atoms with Gasteiger partial charge in [-0.2, -0.15) is 0 Å². The van der Waals surface area contributed by atoms with Gasteiger partial charge < -0.3 is 19.5 Å². The molecule has 2 fully saturated rings. The molecule has 0 spiro atoms. The second kappa shape index (κ2) is 9.45. The van der Waals surface area contributed by atoms with E-state index in [-0.39, 0.29) is 29.7 Å². The van der Waals surface area contributed by atoms with Gasteiger partial charge in [0, 0.05) is 39.1 Å². The van der Waals surface area contributed by atoms with Crippen LogP contribution in [0.4, 0.5) is 0 Å². The number of hydrogen-bond acceptors (Lipinski definition) is 5. The van der Waals surface area contributed by atoms with Gasteiger partial charge in [0.05, 0.1) is 18.6 Å². The summed E-state index contributed by atoms with van der Waals surface area (Å²) in [4.78, 5) is 27.5. The Morgan fingerprint density at radius 3 is 2.63 bits per heavy atom. The zero-order valence-corrected chi connectivity index (χ0v) is 18.3. The van der Waals surface area contributed by atoms with Crippen LogP contribution in [0.2, 0.25) is 0 Å². The number of fused-ring (bicyclic) bond motifs is 1. The van der Waals surface area contributed by atoms with Crippen molar-refractivity contribution in [2.24, 2.45) is 17.8 Å². The van der Waals surface area contributed by atoms with Crippen molar-refractivity contribution in [3.05, 3.63) is 11.6 Å². The minimum Gasteiger partial charge on any atom is -0.381 e. The van der Waals surface area contributed by atoms with Crippen molar-refractivity contribution >= 4 is 11.8 Å². The van der Waals surface area contributed by atoms with Crippen LogP contribution < -0.4 is 5.32 Å². The molecule has 2 atom stereocenters. The van der Waals surface area contributed by atoms with Crippen LogP contribution in [0.25, 0.3) is 0 Å². The van der Waals surface area contributed by atoms with Gasteiger partial charge in [0.2, 0.25) is 11.8 Å². The first-order chi connectivity index (χ1) is 14.5. The summed E-state index contributed by atoms with van der Waals surface area (Å²) >= 11 is 0. The summed E-state index contributed by atoms with van der Waals surface area (Å²) in [6.45, 7) is 7.38. The number of nitrogens with zero attached hydrogens (tertiary/aromatic N) is 4. The van der Waals surface area contributed by atoms with Crippen LogP contribution in [0.3, 0.4) is 0 Å². The molecule has 8 heteroatoms. The van der Waals surface area contributed by atoms with Gasteiger partial charge in [0.15, 0.2) is 5.82 Å². The topological polar surface area (TPSA) is 89.3 Å². The molecule has 1 aromatic heterocycles. The van der Waals surface area contributed by atoms with Crippen molar-refractivity contribution in [2.45, 2.75) is 71.4 Å². The molecule has 1 saturated carbocycles. The number of aromatic nitrogens is 3. The number of amides is 2. The molecule has 0 aromatic carbocycles. The van der Waals surface area contributed by atoms with Crippen molar-refractivity contribution in [1.82, 2.24) is 25.0 Å². The van der Waals surface area contributed by atoms with E-state index in [9.17, 15) is 9.59 Å². The molecule has 0 radical (unpaired) electrons. The fraction of sp³-hybridized carbons (Fsp3) is 0.818. The van der Waals surface area contributed by atoms with Gasteiger partial charge in [0.25, 0.3) is 0 Å². The van der Waals surface area contributed by atoms with Crippen molar-refractivity contribution in [2.75, 3.05) is 26.3 Å². The summed E-state index contributed by atoms with van der Waals surface area (Å²) in [5.41, 5.74) is 0. The minimum absolute atomic E-state index is 0.0329. The maximum absolute atomic E-state index is 12.8. The quantitative estimate of drug-likeness (QED) is 0.766. The third-order valence-electron chi connectivity index (χ3n) is 6.89. The third-order valence-corrected chi connectivity index (χ3v) is 6.89. The van der Waals surface area contributed by atoms with Gasteiger partial charge in [-0.15, -0.1) is 10.2 Å². The van der Waals surface area contributed by atoms with Gasteiger partial charge in [-0.05, 0) is 31.1 Å². The molecule has 166 valence electrons. The molecule has 2 aliphatic heterocycles. The lowest BCUT2D eigenvalue weighted by Gasteiger charge is -2.25. The molecule has 0 unspecified atom stereocenters. The first kappa shape index (κ1) is 21.3. The first-order valence-electron chi connectivity index (χ1n) is 11.6. The van der Waals surface area contributed by atoms with Crippen molar-refractivity contribution < 1.29 is 14.3 Å². The van der Waals surface area contributed by atoms with E-state index in [1.807, 2.05) is 4.90 Å². The molecule has 4 rings (SSSR count). The predicted molar refractivity (Wildman–Crippen MR) is 112 cm³/mol. The Morgan fingerprint density at radius 2 is 1.93 bits per heavy atom. The van der Waals surface area contributed by atoms with Crippen LogP contribution in [-0.2, 0) is 27.3 Å². The van der Waals surface area contributed by atoms with E-state index in [2.05, 4.69) is 33.9 Å². The van der Waals surface area contributed by atoms with E-state index in [4.69, 9.17) is 4.74 Å². The molecule has 1 N–H and O–H groups in total. The number of hydrogen-bond donors (Lipinski definition) is 1. The summed E-state index contributed by atoms with van der Waals surface area (Å²) in [6, 6.07) is -0.194. The Morgan fingerprint density at radius 1 is 1.13 bits per heavy atom. The number of carbonyl (C=O) groups is 2. The molecule has 3 aliphatic rings. The number of rotatable bonds is 6. The largest absolute Gasteiger partial charge is 0.381 e. The fourth-order valence-electron chi connectivity index (χ4n) is 4.96. The summed E-state index contributed by atoms with van der Waals surface area (Å²) in [5.74, 6) is 2.69. The molecular formula is C22H35N5O3. The molecule has 3 heterocycles. The Bertz CT molecular complexity index is 750. The number of carbonyl (C=O) groups excluding carboxylic acids is 2. The van der Waals surface area contributed by atoms with Crippen LogP contribution in [-0.4, -0.2) is 57.8 Å². The summed E-state index contributed by atoms with van der Waals surface area (Å²) in [5, 5.41) is 12.1. The molecule has 1 aliphatic carbocycles. The van der Waals surface area contributed by atoms with Crippen LogP contribution in [0.15, 0.2) is 0 Å². The smallest absolute Gasteiger partial charge is 0.226 e. The van der Waals surface area contributed by atoms with Crippen molar-refractivity contribution in [3.63, 3.8) is 0 Å². The molecule has 8 nitrogen and oxygen atoms in total. The maximum Gasteiger partial charge on any atom is 0.226 e. The Hall–Kier alpha value is -1.96. The first-order valence-corrected chi connectivity index (χ1v) is 11.6. The molecule has 30 heavy (non-hydrogen) atoms. The monoisotopic (exact) mass is 417 g/mol. The summed E-state index contributed by atoms with van der Waals surface area (Å²) in [7, 11) is 0. The van der Waals surface area contributed by atoms with Gasteiger partial charge in [-0.3, -0.25) is 9.59 Å². The highest BCUT2D eigenvalue weighted by Crippen LogP contribution is 2.29. The highest BCUT2D eigenvalue weighted by molar-refractivity contribution is 5.79. The van der Waals surface area contributed by atoms with Gasteiger partial charge >= 0.3 is 0 Å². The molecular weight excluding hydrogens is 382 g/mol. The standard InChI is InChI=1S/C22H35N5O3/c1-15(2)20(23-22(29)17-8-12-30-14-17)21-25-24-18-7-9-26(10-11-27(18)21)19(28)13-16-5-3-4-6-16/h15-17,20H,3-14H2,1-2H3,(H,23,29)/t17-,20-/m1/s1. The Labute approximate surface area is 178 Å². The predicted octanol–water partition coefficient (Wildman–Crippen LogP) is 2.09. The van der Waals surface area contributed by atoms with E-state index in [0.717, 1.165) is 18.1 Å². The van der Waals surface area contributed by atoms with Gasteiger partial charge in [-0.1, -0.05) is 26.7 Å². The highest BCUT2D eigenvalue weighted by atomic mass is 16.5. The SMILES string of the molecule is CC(C)[C@@H](NC(=O)[C@@H]1CCOC1)c1nnc2n1CCN(C(=O)CC1CCCC1)CC2. The van der Waals surface area contributed by atoms with E-state index in [1.54, 1.807) is 0 Å². The zero-order chi connectivity index (χ0) is 21.1. The van der Waals surface area contributed by atoms with Gasteiger partial charge in [0.1, 0.15) is 5.82 Å². The molecule has 1 aromatic rings.